The standard InChI is InChI=1S/C20H19ClFN5O3S/c1-3-27-19(12(2)26-31(28,29)18-7-5-14(21)10-16(18)22)24-25-20(27)30-15-6-4-13-8-9-23-17(13)11-15/h4-12,23,26H,3H2,1-2H3/t12-/m1/s1. The molecule has 162 valence electrons. The highest BCUT2D eigenvalue weighted by molar-refractivity contribution is 7.89. The second-order valence-electron chi connectivity index (χ2n) is 6.83. The van der Waals surface area contributed by atoms with Crippen molar-refractivity contribution in [1.29, 1.82) is 0 Å². The van der Waals surface area contributed by atoms with Gasteiger partial charge in [0.1, 0.15) is 16.5 Å². The third kappa shape index (κ3) is 4.27. The van der Waals surface area contributed by atoms with E-state index in [1.165, 1.54) is 6.07 Å². The molecule has 0 spiro atoms. The molecule has 0 aliphatic rings. The van der Waals surface area contributed by atoms with Gasteiger partial charge in [0.2, 0.25) is 10.0 Å². The van der Waals surface area contributed by atoms with Gasteiger partial charge in [-0.25, -0.2) is 17.5 Å². The average Bonchev–Trinajstić information content (AvgIpc) is 3.33. The van der Waals surface area contributed by atoms with Crippen molar-refractivity contribution in [2.75, 3.05) is 0 Å². The van der Waals surface area contributed by atoms with Crippen LogP contribution in [-0.4, -0.2) is 28.2 Å². The van der Waals surface area contributed by atoms with Crippen LogP contribution in [0.4, 0.5) is 4.39 Å². The number of benzene rings is 2. The van der Waals surface area contributed by atoms with Crippen LogP contribution in [0.25, 0.3) is 10.9 Å². The smallest absolute Gasteiger partial charge is 0.322 e. The molecule has 0 aliphatic carbocycles. The first kappa shape index (κ1) is 21.3. The summed E-state index contributed by atoms with van der Waals surface area (Å²) < 4.78 is 49.4. The van der Waals surface area contributed by atoms with E-state index in [4.69, 9.17) is 16.3 Å². The topological polar surface area (TPSA) is 102 Å². The second kappa shape index (κ2) is 8.29. The number of fused-ring (bicyclic) bond motifs is 1. The van der Waals surface area contributed by atoms with Crippen LogP contribution in [-0.2, 0) is 16.6 Å². The molecule has 2 N–H and O–H groups in total. The van der Waals surface area contributed by atoms with Gasteiger partial charge in [0.05, 0.1) is 6.04 Å². The minimum Gasteiger partial charge on any atom is -0.424 e. The third-order valence-corrected chi connectivity index (χ3v) is 6.51. The largest absolute Gasteiger partial charge is 0.424 e. The first-order chi connectivity index (χ1) is 14.8. The maximum atomic E-state index is 14.1. The van der Waals surface area contributed by atoms with Crippen LogP contribution < -0.4 is 9.46 Å². The van der Waals surface area contributed by atoms with E-state index in [2.05, 4.69) is 19.9 Å². The van der Waals surface area contributed by atoms with E-state index in [1.54, 1.807) is 17.6 Å². The number of H-pyrrole nitrogens is 1. The number of hydrogen-bond acceptors (Lipinski definition) is 5. The van der Waals surface area contributed by atoms with Crippen molar-refractivity contribution in [3.8, 4) is 11.8 Å². The average molecular weight is 464 g/mol. The molecular formula is C20H19ClFN5O3S. The van der Waals surface area contributed by atoms with Gasteiger partial charge < -0.3 is 9.72 Å². The van der Waals surface area contributed by atoms with Gasteiger partial charge >= 0.3 is 6.01 Å². The third-order valence-electron chi connectivity index (χ3n) is 4.70. The number of aromatic nitrogens is 4. The highest BCUT2D eigenvalue weighted by Gasteiger charge is 2.26. The number of sulfonamides is 1. The Morgan fingerprint density at radius 3 is 2.77 bits per heavy atom. The van der Waals surface area contributed by atoms with E-state index < -0.39 is 26.8 Å². The molecule has 4 aromatic rings. The summed E-state index contributed by atoms with van der Waals surface area (Å²) in [5.74, 6) is -0.0515. The highest BCUT2D eigenvalue weighted by atomic mass is 35.5. The van der Waals surface area contributed by atoms with Gasteiger partial charge in [-0.2, -0.15) is 0 Å². The van der Waals surface area contributed by atoms with Crippen molar-refractivity contribution in [3.63, 3.8) is 0 Å². The van der Waals surface area contributed by atoms with E-state index in [9.17, 15) is 12.8 Å². The molecule has 2 heterocycles. The van der Waals surface area contributed by atoms with Crippen molar-refractivity contribution in [2.45, 2.75) is 31.3 Å². The van der Waals surface area contributed by atoms with E-state index >= 15 is 0 Å². The van der Waals surface area contributed by atoms with E-state index in [0.29, 0.717) is 18.1 Å². The van der Waals surface area contributed by atoms with Crippen LogP contribution in [0.15, 0.2) is 53.6 Å². The summed E-state index contributed by atoms with van der Waals surface area (Å²) in [6.45, 7) is 3.88. The van der Waals surface area contributed by atoms with Gasteiger partial charge in [-0.3, -0.25) is 4.57 Å². The maximum absolute atomic E-state index is 14.1. The van der Waals surface area contributed by atoms with Crippen molar-refractivity contribution in [1.82, 2.24) is 24.5 Å². The van der Waals surface area contributed by atoms with Gasteiger partial charge in [0.15, 0.2) is 5.82 Å². The van der Waals surface area contributed by atoms with E-state index in [-0.39, 0.29) is 11.0 Å². The van der Waals surface area contributed by atoms with Crippen LogP contribution >= 0.6 is 11.6 Å². The quantitative estimate of drug-likeness (QED) is 0.423. The fourth-order valence-corrected chi connectivity index (χ4v) is 4.65. The lowest BCUT2D eigenvalue weighted by Crippen LogP contribution is -2.29. The molecule has 0 aliphatic heterocycles. The zero-order valence-electron chi connectivity index (χ0n) is 16.6. The molecule has 0 radical (unpaired) electrons. The molecule has 0 saturated carbocycles. The first-order valence-electron chi connectivity index (χ1n) is 9.44. The molecule has 0 saturated heterocycles. The Kier molecular flexibility index (Phi) is 5.69. The first-order valence-corrected chi connectivity index (χ1v) is 11.3. The highest BCUT2D eigenvalue weighted by Crippen LogP contribution is 2.27. The summed E-state index contributed by atoms with van der Waals surface area (Å²) in [4.78, 5) is 2.61. The van der Waals surface area contributed by atoms with Gasteiger partial charge in [0, 0.05) is 29.3 Å². The summed E-state index contributed by atoms with van der Waals surface area (Å²) in [6.07, 6.45) is 1.83. The normalized spacial score (nSPS) is 12.9. The lowest BCUT2D eigenvalue weighted by Gasteiger charge is -2.15. The molecule has 11 heteroatoms. The molecule has 4 rings (SSSR count). The van der Waals surface area contributed by atoms with Crippen LogP contribution in [0.3, 0.4) is 0 Å². The maximum Gasteiger partial charge on any atom is 0.322 e. The van der Waals surface area contributed by atoms with E-state index in [0.717, 1.165) is 23.0 Å². The summed E-state index contributed by atoms with van der Waals surface area (Å²) in [7, 11) is -4.16. The van der Waals surface area contributed by atoms with Gasteiger partial charge in [-0.15, -0.1) is 5.10 Å². The molecule has 8 nitrogen and oxygen atoms in total. The lowest BCUT2D eigenvalue weighted by molar-refractivity contribution is 0.408. The Morgan fingerprint density at radius 2 is 2.03 bits per heavy atom. The molecule has 2 aromatic heterocycles. The number of hydrogen-bond donors (Lipinski definition) is 2. The van der Waals surface area contributed by atoms with Crippen molar-refractivity contribution < 1.29 is 17.5 Å². The molecule has 0 fully saturated rings. The monoisotopic (exact) mass is 463 g/mol. The van der Waals surface area contributed by atoms with Gasteiger partial charge in [-0.1, -0.05) is 16.7 Å². The predicted molar refractivity (Wildman–Crippen MR) is 114 cm³/mol. The van der Waals surface area contributed by atoms with Crippen molar-refractivity contribution in [2.24, 2.45) is 0 Å². The number of rotatable bonds is 7. The fourth-order valence-electron chi connectivity index (χ4n) is 3.23. The number of aromatic amines is 1. The van der Waals surface area contributed by atoms with Crippen molar-refractivity contribution in [3.05, 3.63) is 65.3 Å². The Morgan fingerprint density at radius 1 is 1.23 bits per heavy atom. The van der Waals surface area contributed by atoms with Crippen LogP contribution in [0, 0.1) is 5.82 Å². The number of nitrogens with zero attached hydrogens (tertiary/aromatic N) is 3. The Bertz CT molecular complexity index is 1350. The molecule has 0 amide bonds. The van der Waals surface area contributed by atoms with Gasteiger partial charge in [-0.05, 0) is 55.6 Å². The number of ether oxygens (including phenoxy) is 1. The molecule has 2 aromatic carbocycles. The lowest BCUT2D eigenvalue weighted by atomic mass is 10.2. The Hall–Kier alpha value is -2.95. The summed E-state index contributed by atoms with van der Waals surface area (Å²) in [5, 5.41) is 9.30. The van der Waals surface area contributed by atoms with Crippen molar-refractivity contribution >= 4 is 32.5 Å². The minimum absolute atomic E-state index is 0.106. The summed E-state index contributed by atoms with van der Waals surface area (Å²) in [6, 6.07) is 10.3. The van der Waals surface area contributed by atoms with Crippen LogP contribution in [0.5, 0.6) is 11.8 Å². The zero-order valence-corrected chi connectivity index (χ0v) is 18.2. The fraction of sp³-hybridized carbons (Fsp3) is 0.200. The predicted octanol–water partition coefficient (Wildman–Crippen LogP) is 4.40. The number of nitrogens with one attached hydrogen (secondary N) is 2. The van der Waals surface area contributed by atoms with E-state index in [1.807, 2.05) is 31.3 Å². The Labute approximate surface area is 183 Å². The van der Waals surface area contributed by atoms with Crippen LogP contribution in [0.2, 0.25) is 5.02 Å². The summed E-state index contributed by atoms with van der Waals surface area (Å²) >= 11 is 5.71. The summed E-state index contributed by atoms with van der Waals surface area (Å²) in [5.41, 5.74) is 0.909. The molecule has 31 heavy (non-hydrogen) atoms. The molecule has 0 bridgehead atoms. The molecule has 1 atom stereocenters. The Balaban J connectivity index is 1.58. The van der Waals surface area contributed by atoms with Gasteiger partial charge in [0.25, 0.3) is 0 Å². The van der Waals surface area contributed by atoms with Crippen LogP contribution in [0.1, 0.15) is 25.7 Å². The molecular weight excluding hydrogens is 445 g/mol. The second-order valence-corrected chi connectivity index (χ2v) is 8.95. The SMILES string of the molecule is CCn1c(Oc2ccc3cc[nH]c3c2)nnc1[C@@H](C)NS(=O)(=O)c1ccc(Cl)cc1F. The zero-order chi connectivity index (χ0) is 22.2. The molecule has 0 unspecified atom stereocenters. The number of halogens is 2. The minimum atomic E-state index is -4.16.